The van der Waals surface area contributed by atoms with Crippen molar-refractivity contribution in [3.63, 3.8) is 0 Å². The van der Waals surface area contributed by atoms with Crippen LogP contribution in [0.15, 0.2) is 96.1 Å². The Hall–Kier alpha value is -3.38. The first-order chi connectivity index (χ1) is 41.7. The standard InChI is InChI=1S/C68H116N2.2C7H7.Pd/c1-7-13-17-21-22-23-24-25-26-27-28-29-30-31-32-33-34-35-36-37-38-39-40-41-42-43-44-48-52-66-65(51-47-20-16-10-4)68(70(69)67(66)63-55-59(11-5)53-60(12-6)56-63)64-57-61(49-45-18-14-8-2)54-62(58-64)50-46-19-15-9-3;2*1-7-5-3-2-4-6-7;/h53-58H,7-52H2,1-6H3;2*3-6H,1H3;. The third kappa shape index (κ3) is 32.1. The third-order valence-electron chi connectivity index (χ3n) is 18.2. The first-order valence-electron chi connectivity index (χ1n) is 36.7. The van der Waals surface area contributed by atoms with Gasteiger partial charge in [-0.2, -0.15) is 0 Å². The van der Waals surface area contributed by atoms with Crippen molar-refractivity contribution in [3.8, 4) is 0 Å². The van der Waals surface area contributed by atoms with E-state index in [0.29, 0.717) is 18.0 Å². The number of aryl methyl sites for hydroxylation is 6. The Bertz CT molecular complexity index is 2290. The molecule has 478 valence electrons. The molecule has 1 heterocycles. The van der Waals surface area contributed by atoms with Crippen LogP contribution in [0.4, 0.5) is 0 Å². The molecule has 0 radical (unpaired) electrons. The zero-order valence-electron chi connectivity index (χ0n) is 56.8. The van der Waals surface area contributed by atoms with Gasteiger partial charge in [-0.3, -0.25) is 0 Å². The first-order valence-corrected chi connectivity index (χ1v) is 38.2. The summed E-state index contributed by atoms with van der Waals surface area (Å²) in [4.78, 5) is 0. The zero-order chi connectivity index (χ0) is 60.8. The van der Waals surface area contributed by atoms with E-state index in [1.165, 1.54) is 321 Å². The molecule has 1 aliphatic rings. The van der Waals surface area contributed by atoms with Crippen molar-refractivity contribution in [1.29, 1.82) is 0 Å². The summed E-state index contributed by atoms with van der Waals surface area (Å²) in [5.74, 6) is 0. The minimum absolute atomic E-state index is 0.562. The predicted octanol–water partition coefficient (Wildman–Crippen LogP) is 25.9. The van der Waals surface area contributed by atoms with E-state index in [1.807, 2.05) is 0 Å². The van der Waals surface area contributed by atoms with Crippen molar-refractivity contribution in [2.24, 2.45) is 0 Å². The van der Waals surface area contributed by atoms with Crippen molar-refractivity contribution in [2.45, 2.75) is 351 Å². The van der Waals surface area contributed by atoms with E-state index in [1.54, 1.807) is 4.70 Å². The van der Waals surface area contributed by atoms with Gasteiger partial charge < -0.3 is 5.53 Å². The quantitative estimate of drug-likeness (QED) is 0.0239. The summed E-state index contributed by atoms with van der Waals surface area (Å²) in [5.41, 5.74) is 28.5. The van der Waals surface area contributed by atoms with Crippen LogP contribution in [0.1, 0.15) is 356 Å². The van der Waals surface area contributed by atoms with Crippen LogP contribution < -0.4 is 8.07 Å². The Labute approximate surface area is 535 Å². The second kappa shape index (κ2) is 48.5. The number of hydrogen-bond acceptors (Lipinski definition) is 0. The van der Waals surface area contributed by atoms with Crippen molar-refractivity contribution in [3.05, 3.63) is 146 Å². The van der Waals surface area contributed by atoms with Crippen LogP contribution in [0.2, 0.25) is 0 Å². The summed E-state index contributed by atoms with van der Waals surface area (Å²) in [7, 11) is 0. The van der Waals surface area contributed by atoms with E-state index in [-0.39, 0.29) is 0 Å². The monoisotopic (exact) mass is 1250 g/mol. The molecule has 0 aromatic heterocycles. The molecule has 5 rings (SSSR count). The topological polar surface area (TPSA) is 25.3 Å². The van der Waals surface area contributed by atoms with Gasteiger partial charge in [-0.25, -0.2) is 4.70 Å². The Morgan fingerprint density at radius 2 is 0.518 bits per heavy atom. The van der Waals surface area contributed by atoms with Crippen molar-refractivity contribution < 1.29 is 22.7 Å². The fourth-order valence-corrected chi connectivity index (χ4v) is 14.3. The molecule has 0 N–H and O–H groups in total. The van der Waals surface area contributed by atoms with Gasteiger partial charge in [-0.1, -0.05) is 285 Å². The Balaban J connectivity index is 0.000000885. The van der Waals surface area contributed by atoms with E-state index < -0.39 is 0 Å². The van der Waals surface area contributed by atoms with E-state index in [2.05, 4.69) is 140 Å². The van der Waals surface area contributed by atoms with Gasteiger partial charge in [0.25, 0.3) is 0 Å². The molecule has 3 heteroatoms. The summed E-state index contributed by atoms with van der Waals surface area (Å²) >= 11 is 0.562. The molecule has 0 fully saturated rings. The van der Waals surface area contributed by atoms with Gasteiger partial charge in [0.05, 0.1) is 0 Å². The SMILES string of the molecule is CCCCCCCCCCCCCCCCCCCCCCCCCCCCCCC1=C(c2cc(CC)cc(CC)c2)[N+](=[N-])C(c2cc(CCCCCC)cc(CCCCCC)c2)=C1CCCCCC.Cc1cc[c]([Pd][c]2ccc(C)cc2)cc1. The molecule has 2 nitrogen and oxygen atoms in total. The van der Waals surface area contributed by atoms with Gasteiger partial charge in [-0.05, 0) is 111 Å². The average Bonchev–Trinajstić information content (AvgIpc) is 1.95. The summed E-state index contributed by atoms with van der Waals surface area (Å²) < 4.78 is 4.55. The Morgan fingerprint density at radius 1 is 0.282 bits per heavy atom. The average molecular weight is 1250 g/mol. The van der Waals surface area contributed by atoms with Crippen LogP contribution in [0, 0.1) is 13.8 Å². The molecule has 4 aromatic carbocycles. The van der Waals surface area contributed by atoms with Gasteiger partial charge in [0.2, 0.25) is 11.4 Å². The second-order valence-corrected chi connectivity index (χ2v) is 28.3. The van der Waals surface area contributed by atoms with E-state index in [0.717, 1.165) is 49.9 Å². The molecule has 0 amide bonds. The summed E-state index contributed by atoms with van der Waals surface area (Å²) in [6.07, 6.45) is 61.7. The van der Waals surface area contributed by atoms with Crippen LogP contribution in [0.25, 0.3) is 16.9 Å². The summed E-state index contributed by atoms with van der Waals surface area (Å²) in [5, 5.41) is 0. The number of allylic oxidation sites excluding steroid dienone is 2. The number of nitrogens with zero attached hydrogens (tertiary/aromatic N) is 2. The van der Waals surface area contributed by atoms with Crippen LogP contribution in [-0.2, 0) is 43.7 Å². The molecule has 0 unspecified atom stereocenters. The normalized spacial score (nSPS) is 12.5. The van der Waals surface area contributed by atoms with Gasteiger partial charge in [-0.15, -0.1) is 0 Å². The number of benzene rings is 4. The molecule has 0 spiro atoms. The van der Waals surface area contributed by atoms with Gasteiger partial charge in [0.1, 0.15) is 0 Å². The molecule has 0 saturated heterocycles. The molecule has 0 saturated carbocycles. The molecule has 0 bridgehead atoms. The number of rotatable bonds is 50. The second-order valence-electron chi connectivity index (χ2n) is 26.1. The molecule has 4 aromatic rings. The first kappa shape index (κ1) is 74.1. The molecule has 0 aliphatic carbocycles. The van der Waals surface area contributed by atoms with E-state index in [4.69, 9.17) is 0 Å². The number of hydrogen-bond donors (Lipinski definition) is 0. The third-order valence-corrected chi connectivity index (χ3v) is 20.1. The molecule has 0 atom stereocenters. The molecular weight excluding hydrogens is 1120 g/mol. The predicted molar refractivity (Wildman–Crippen MR) is 375 cm³/mol. The van der Waals surface area contributed by atoms with E-state index in [9.17, 15) is 5.53 Å². The number of unbranched alkanes of at least 4 members (excludes halogenated alkanes) is 36. The summed E-state index contributed by atoms with van der Waals surface area (Å²) in [6, 6.07) is 32.2. The molecule has 85 heavy (non-hydrogen) atoms. The Kier molecular flexibility index (Phi) is 42.3. The molecular formula is C82H130N2Pd. The van der Waals surface area contributed by atoms with Crippen LogP contribution in [-0.4, -0.2) is 4.70 Å². The van der Waals surface area contributed by atoms with Crippen molar-refractivity contribution in [1.82, 2.24) is 0 Å². The Morgan fingerprint density at radius 3 is 0.800 bits per heavy atom. The fourth-order valence-electron chi connectivity index (χ4n) is 12.7. The van der Waals surface area contributed by atoms with Gasteiger partial charge in [0, 0.05) is 22.3 Å². The minimum atomic E-state index is 0.562. The summed E-state index contributed by atoms with van der Waals surface area (Å²) in [6.45, 7) is 18.1. The van der Waals surface area contributed by atoms with E-state index >= 15 is 0 Å². The van der Waals surface area contributed by atoms with Gasteiger partial charge >= 0.3 is 99.6 Å². The maximum absolute atomic E-state index is 12.7. The van der Waals surface area contributed by atoms with Crippen LogP contribution in [0.3, 0.4) is 0 Å². The molecule has 1 aliphatic heterocycles. The maximum atomic E-state index is 12.7. The van der Waals surface area contributed by atoms with Gasteiger partial charge in [0.15, 0.2) is 0 Å². The van der Waals surface area contributed by atoms with Crippen molar-refractivity contribution in [2.75, 3.05) is 0 Å². The fraction of sp³-hybridized carbons (Fsp3) is 0.659. The van der Waals surface area contributed by atoms with Crippen molar-refractivity contribution >= 4 is 19.5 Å². The zero-order valence-corrected chi connectivity index (χ0v) is 58.4. The van der Waals surface area contributed by atoms with Crippen LogP contribution >= 0.6 is 0 Å². The van der Waals surface area contributed by atoms with Crippen LogP contribution in [0.5, 0.6) is 0 Å².